The number of non-ortho nitro benzene ring substituents is 2. The van der Waals surface area contributed by atoms with Crippen molar-refractivity contribution >= 4 is 34.6 Å². The Morgan fingerprint density at radius 3 is 1.14 bits per heavy atom. The number of anilines is 2. The lowest BCUT2D eigenvalue weighted by atomic mass is 10.1. The van der Waals surface area contributed by atoms with Crippen LogP contribution in [0, 0.1) is 20.2 Å². The summed E-state index contributed by atoms with van der Waals surface area (Å²) >= 11 is 0. The summed E-state index contributed by atoms with van der Waals surface area (Å²) in [5, 5.41) is 27.4. The Morgan fingerprint density at radius 2 is 0.786 bits per heavy atom. The molecule has 6 aromatic carbocycles. The molecule has 274 valence electrons. The SMILES string of the molecule is O=C(Nc1ccc(-c2cnc(-c3ccc(NC(=O)c4ccc(Oc5ccc([N+](=O)[O-])cc5)cc4)cc3)nc2)cc1)c1ccc(Oc2ccc([N+](=O)[O-])cc2)cc1. The van der Waals surface area contributed by atoms with Crippen LogP contribution in [0.5, 0.6) is 23.0 Å². The average Bonchev–Trinajstić information content (AvgIpc) is 3.22. The molecule has 0 atom stereocenters. The number of aromatic nitrogens is 2. The smallest absolute Gasteiger partial charge is 0.269 e. The predicted octanol–water partition coefficient (Wildman–Crippen LogP) is 9.72. The molecule has 7 aromatic rings. The van der Waals surface area contributed by atoms with Crippen LogP contribution in [-0.2, 0) is 0 Å². The lowest BCUT2D eigenvalue weighted by Crippen LogP contribution is -2.11. The summed E-state index contributed by atoms with van der Waals surface area (Å²) in [7, 11) is 0. The highest BCUT2D eigenvalue weighted by Gasteiger charge is 2.12. The van der Waals surface area contributed by atoms with Crippen molar-refractivity contribution in [2.75, 3.05) is 10.6 Å². The van der Waals surface area contributed by atoms with Gasteiger partial charge >= 0.3 is 0 Å². The third-order valence-corrected chi connectivity index (χ3v) is 8.33. The number of rotatable bonds is 12. The van der Waals surface area contributed by atoms with E-state index in [0.717, 1.165) is 16.7 Å². The molecular formula is C42H28N6O8. The molecule has 0 aliphatic rings. The molecule has 2 N–H and O–H groups in total. The first-order chi connectivity index (χ1) is 27.2. The first-order valence-electron chi connectivity index (χ1n) is 16.9. The topological polar surface area (TPSA) is 189 Å². The molecule has 7 rings (SSSR count). The lowest BCUT2D eigenvalue weighted by Gasteiger charge is -2.09. The van der Waals surface area contributed by atoms with Gasteiger partial charge in [-0.1, -0.05) is 12.1 Å². The molecule has 1 aromatic heterocycles. The zero-order valence-corrected chi connectivity index (χ0v) is 29.1. The summed E-state index contributed by atoms with van der Waals surface area (Å²) in [6.07, 6.45) is 3.42. The normalized spacial score (nSPS) is 10.6. The second kappa shape index (κ2) is 16.2. The minimum Gasteiger partial charge on any atom is -0.457 e. The van der Waals surface area contributed by atoms with Gasteiger partial charge < -0.3 is 20.1 Å². The summed E-state index contributed by atoms with van der Waals surface area (Å²) in [5.41, 5.74) is 4.34. The van der Waals surface area contributed by atoms with E-state index >= 15 is 0 Å². The number of nitro benzene ring substituents is 2. The minimum atomic E-state index is -0.484. The number of carbonyl (C=O) groups excluding carboxylic acids is 2. The monoisotopic (exact) mass is 744 g/mol. The second-order valence-corrected chi connectivity index (χ2v) is 12.1. The summed E-state index contributed by atoms with van der Waals surface area (Å²) in [6.45, 7) is 0. The van der Waals surface area contributed by atoms with Gasteiger partial charge in [-0.25, -0.2) is 9.97 Å². The maximum absolute atomic E-state index is 12.9. The highest BCUT2D eigenvalue weighted by atomic mass is 16.6. The van der Waals surface area contributed by atoms with E-state index in [-0.39, 0.29) is 23.2 Å². The number of amides is 2. The number of hydrogen-bond donors (Lipinski definition) is 2. The highest BCUT2D eigenvalue weighted by molar-refractivity contribution is 6.05. The first-order valence-corrected chi connectivity index (χ1v) is 16.9. The van der Waals surface area contributed by atoms with Crippen LogP contribution in [-0.4, -0.2) is 31.6 Å². The van der Waals surface area contributed by atoms with Crippen LogP contribution in [0.4, 0.5) is 22.7 Å². The van der Waals surface area contributed by atoms with Gasteiger partial charge in [-0.05, 0) is 115 Å². The number of benzene rings is 6. The Kier molecular flexibility index (Phi) is 10.4. The van der Waals surface area contributed by atoms with E-state index in [1.165, 1.54) is 48.5 Å². The fraction of sp³-hybridized carbons (Fsp3) is 0. The zero-order chi connectivity index (χ0) is 39.0. The van der Waals surface area contributed by atoms with Crippen LogP contribution in [0.25, 0.3) is 22.5 Å². The van der Waals surface area contributed by atoms with Crippen molar-refractivity contribution in [1.29, 1.82) is 0 Å². The third kappa shape index (κ3) is 8.85. The molecule has 14 heteroatoms. The molecule has 0 saturated heterocycles. The fourth-order valence-electron chi connectivity index (χ4n) is 5.37. The van der Waals surface area contributed by atoms with Crippen molar-refractivity contribution in [2.45, 2.75) is 0 Å². The Bertz CT molecular complexity index is 2330. The molecule has 0 bridgehead atoms. The number of carbonyl (C=O) groups is 2. The van der Waals surface area contributed by atoms with Crippen molar-refractivity contribution in [1.82, 2.24) is 9.97 Å². The minimum absolute atomic E-state index is 0.0346. The van der Waals surface area contributed by atoms with E-state index in [4.69, 9.17) is 9.47 Å². The molecule has 1 heterocycles. The van der Waals surface area contributed by atoms with Crippen molar-refractivity contribution in [3.05, 3.63) is 189 Å². The molecule has 0 aliphatic heterocycles. The van der Waals surface area contributed by atoms with Gasteiger partial charge in [-0.2, -0.15) is 0 Å². The Labute approximate surface area is 318 Å². The van der Waals surface area contributed by atoms with Gasteiger partial charge in [0.05, 0.1) is 9.85 Å². The molecule has 0 spiro atoms. The van der Waals surface area contributed by atoms with Crippen molar-refractivity contribution < 1.29 is 28.9 Å². The van der Waals surface area contributed by atoms with Gasteiger partial charge in [-0.3, -0.25) is 29.8 Å². The standard InChI is InChI=1S/C42H28N6O8/c49-41(29-5-17-36(18-6-29)55-38-21-13-34(14-22-38)47(51)52)45-32-9-1-27(2-10-32)31-25-43-40(44-26-31)28-3-11-33(12-4-28)46-42(50)30-7-19-37(20-8-30)56-39-23-15-35(16-24-39)48(53)54/h1-26H,(H,45,49)(H,46,50). The van der Waals surface area contributed by atoms with Gasteiger partial charge in [-0.15, -0.1) is 0 Å². The quantitative estimate of drug-likeness (QED) is 0.0900. The molecule has 0 aliphatic carbocycles. The first kappa shape index (κ1) is 36.1. The van der Waals surface area contributed by atoms with E-state index in [0.29, 0.717) is 51.3 Å². The number of ether oxygens (including phenoxy) is 2. The Balaban J connectivity index is 0.898. The largest absolute Gasteiger partial charge is 0.457 e. The van der Waals surface area contributed by atoms with Gasteiger partial charge in [0.1, 0.15) is 23.0 Å². The van der Waals surface area contributed by atoms with Gasteiger partial charge in [0, 0.05) is 70.3 Å². The second-order valence-electron chi connectivity index (χ2n) is 12.1. The molecule has 0 unspecified atom stereocenters. The molecule has 14 nitrogen and oxygen atoms in total. The lowest BCUT2D eigenvalue weighted by molar-refractivity contribution is -0.385. The maximum Gasteiger partial charge on any atom is 0.269 e. The summed E-state index contributed by atoms with van der Waals surface area (Å²) in [5.74, 6) is 1.70. The molecular weight excluding hydrogens is 716 g/mol. The van der Waals surface area contributed by atoms with Crippen LogP contribution >= 0.6 is 0 Å². The van der Waals surface area contributed by atoms with Crippen molar-refractivity contribution in [3.8, 4) is 45.5 Å². The fourth-order valence-corrected chi connectivity index (χ4v) is 5.37. The summed E-state index contributed by atoms with van der Waals surface area (Å²) in [4.78, 5) is 55.5. The van der Waals surface area contributed by atoms with E-state index in [1.54, 1.807) is 85.2 Å². The molecule has 56 heavy (non-hydrogen) atoms. The Hall–Kier alpha value is -8.26. The zero-order valence-electron chi connectivity index (χ0n) is 29.1. The molecule has 0 saturated carbocycles. The van der Waals surface area contributed by atoms with E-state index in [9.17, 15) is 29.8 Å². The summed E-state index contributed by atoms with van der Waals surface area (Å²) in [6, 6.07) is 38.9. The number of hydrogen-bond acceptors (Lipinski definition) is 10. The molecule has 0 radical (unpaired) electrons. The van der Waals surface area contributed by atoms with Gasteiger partial charge in [0.2, 0.25) is 0 Å². The van der Waals surface area contributed by atoms with E-state index in [1.807, 2.05) is 24.3 Å². The van der Waals surface area contributed by atoms with Crippen LogP contribution in [0.15, 0.2) is 158 Å². The molecule has 0 fully saturated rings. The third-order valence-electron chi connectivity index (χ3n) is 8.33. The van der Waals surface area contributed by atoms with Gasteiger partial charge in [0.25, 0.3) is 23.2 Å². The summed E-state index contributed by atoms with van der Waals surface area (Å²) < 4.78 is 11.4. The van der Waals surface area contributed by atoms with Crippen LogP contribution in [0.3, 0.4) is 0 Å². The van der Waals surface area contributed by atoms with Crippen molar-refractivity contribution in [2.24, 2.45) is 0 Å². The van der Waals surface area contributed by atoms with Crippen LogP contribution in [0.2, 0.25) is 0 Å². The molecule has 2 amide bonds. The average molecular weight is 745 g/mol. The van der Waals surface area contributed by atoms with Crippen LogP contribution < -0.4 is 20.1 Å². The Morgan fingerprint density at radius 1 is 0.446 bits per heavy atom. The number of nitro groups is 2. The van der Waals surface area contributed by atoms with E-state index in [2.05, 4.69) is 20.6 Å². The number of nitrogens with one attached hydrogen (secondary N) is 2. The highest BCUT2D eigenvalue weighted by Crippen LogP contribution is 2.27. The van der Waals surface area contributed by atoms with E-state index < -0.39 is 9.85 Å². The van der Waals surface area contributed by atoms with Gasteiger partial charge in [0.15, 0.2) is 5.82 Å². The maximum atomic E-state index is 12.9. The predicted molar refractivity (Wildman–Crippen MR) is 208 cm³/mol. The van der Waals surface area contributed by atoms with Crippen molar-refractivity contribution in [3.63, 3.8) is 0 Å². The number of nitrogens with zero attached hydrogens (tertiary/aromatic N) is 4. The van der Waals surface area contributed by atoms with Crippen LogP contribution in [0.1, 0.15) is 20.7 Å².